The lowest BCUT2D eigenvalue weighted by Crippen LogP contribution is -2.36. The molecule has 8 heteroatoms. The Balaban J connectivity index is 2.32. The maximum atomic E-state index is 10.9. The van der Waals surface area contributed by atoms with Crippen LogP contribution in [0, 0.1) is 10.1 Å². The molecule has 1 N–H and O–H groups in total. The van der Waals surface area contributed by atoms with E-state index in [0.29, 0.717) is 37.6 Å². The molecule has 1 unspecified atom stereocenters. The van der Waals surface area contributed by atoms with Crippen LogP contribution in [0.2, 0.25) is 0 Å². The third-order valence-electron chi connectivity index (χ3n) is 2.84. The fourth-order valence-corrected chi connectivity index (χ4v) is 2.44. The van der Waals surface area contributed by atoms with Gasteiger partial charge in [0.1, 0.15) is 0 Å². The molecule has 1 atom stereocenters. The van der Waals surface area contributed by atoms with Crippen LogP contribution in [0.5, 0.6) is 0 Å². The topological polar surface area (TPSA) is 92.9 Å². The fourth-order valence-electron chi connectivity index (χ4n) is 1.99. The van der Waals surface area contributed by atoms with E-state index in [4.69, 9.17) is 9.29 Å². The van der Waals surface area contributed by atoms with E-state index in [9.17, 15) is 14.3 Å². The van der Waals surface area contributed by atoms with Crippen molar-refractivity contribution in [3.63, 3.8) is 0 Å². The summed E-state index contributed by atoms with van der Waals surface area (Å²) in [5.41, 5.74) is 1.11. The zero-order valence-corrected chi connectivity index (χ0v) is 11.0. The number of hydrogen-bond donors (Lipinski definition) is 1. The summed E-state index contributed by atoms with van der Waals surface area (Å²) in [5.74, 6) is -0.112. The van der Waals surface area contributed by atoms with Gasteiger partial charge in [-0.25, -0.2) is 4.21 Å². The Morgan fingerprint density at radius 2 is 2.05 bits per heavy atom. The lowest BCUT2D eigenvalue weighted by atomic mass is 10.1. The molecule has 0 aromatic heterocycles. The van der Waals surface area contributed by atoms with E-state index in [1.807, 2.05) is 4.90 Å². The van der Waals surface area contributed by atoms with Crippen LogP contribution in [-0.4, -0.2) is 40.0 Å². The molecule has 19 heavy (non-hydrogen) atoms. The first-order valence-corrected chi connectivity index (χ1v) is 7.02. The number of nitro groups is 1. The van der Waals surface area contributed by atoms with E-state index in [1.54, 1.807) is 6.07 Å². The maximum absolute atomic E-state index is 10.9. The predicted octanol–water partition coefficient (Wildman–Crippen LogP) is 1.15. The largest absolute Gasteiger partial charge is 0.378 e. The highest BCUT2D eigenvalue weighted by Crippen LogP contribution is 2.25. The molecule has 1 saturated heterocycles. The number of nitrogens with zero attached hydrogens (tertiary/aromatic N) is 2. The number of rotatable bonds is 4. The van der Waals surface area contributed by atoms with Crippen LogP contribution in [0.1, 0.15) is 5.56 Å². The van der Waals surface area contributed by atoms with Crippen LogP contribution in [0.3, 0.4) is 0 Å². The van der Waals surface area contributed by atoms with Crippen molar-refractivity contribution in [2.45, 2.75) is 5.75 Å². The van der Waals surface area contributed by atoms with Gasteiger partial charge in [0.25, 0.3) is 5.69 Å². The van der Waals surface area contributed by atoms with Gasteiger partial charge in [-0.2, -0.15) is 0 Å². The molecule has 0 spiro atoms. The summed E-state index contributed by atoms with van der Waals surface area (Å²) in [4.78, 5) is 12.4. The second-order valence-electron chi connectivity index (χ2n) is 4.18. The van der Waals surface area contributed by atoms with Gasteiger partial charge in [0.15, 0.2) is 11.1 Å². The number of non-ortho nitro benzene ring substituents is 1. The highest BCUT2D eigenvalue weighted by molar-refractivity contribution is 7.78. The highest BCUT2D eigenvalue weighted by atomic mass is 32.2. The average Bonchev–Trinajstić information content (AvgIpc) is 2.38. The van der Waals surface area contributed by atoms with E-state index < -0.39 is 16.0 Å². The fraction of sp³-hybridized carbons (Fsp3) is 0.455. The molecule has 1 aromatic rings. The number of benzene rings is 1. The molecule has 1 aliphatic heterocycles. The molecule has 0 amide bonds. The van der Waals surface area contributed by atoms with Crippen LogP contribution >= 0.6 is 0 Å². The maximum Gasteiger partial charge on any atom is 0.271 e. The van der Waals surface area contributed by atoms with E-state index >= 15 is 0 Å². The van der Waals surface area contributed by atoms with Crippen molar-refractivity contribution in [2.75, 3.05) is 31.2 Å². The second kappa shape index (κ2) is 6.09. The Bertz CT molecular complexity index is 502. The first-order valence-electron chi connectivity index (χ1n) is 5.75. The highest BCUT2D eigenvalue weighted by Gasteiger charge is 2.17. The number of nitro benzene ring substituents is 1. The molecule has 0 aliphatic carbocycles. The first kappa shape index (κ1) is 13.9. The summed E-state index contributed by atoms with van der Waals surface area (Å²) in [5, 5.41) is 10.9. The molecule has 1 heterocycles. The van der Waals surface area contributed by atoms with Crippen molar-refractivity contribution in [1.29, 1.82) is 0 Å². The average molecular weight is 286 g/mol. The summed E-state index contributed by atoms with van der Waals surface area (Å²) < 4.78 is 25.0. The Kier molecular flexibility index (Phi) is 4.46. The van der Waals surface area contributed by atoms with Crippen molar-refractivity contribution >= 4 is 22.5 Å². The molecule has 1 aliphatic rings. The monoisotopic (exact) mass is 286 g/mol. The zero-order valence-electron chi connectivity index (χ0n) is 10.2. The van der Waals surface area contributed by atoms with Crippen LogP contribution < -0.4 is 4.90 Å². The van der Waals surface area contributed by atoms with Crippen LogP contribution in [0.15, 0.2) is 18.2 Å². The molecule has 0 saturated carbocycles. The summed E-state index contributed by atoms with van der Waals surface area (Å²) in [6.45, 7) is 2.46. The second-order valence-corrected chi connectivity index (χ2v) is 5.11. The molecule has 1 aromatic carbocycles. The quantitative estimate of drug-likeness (QED) is 0.507. The minimum atomic E-state index is -2.02. The zero-order chi connectivity index (χ0) is 13.8. The van der Waals surface area contributed by atoms with Gasteiger partial charge in [0, 0.05) is 30.9 Å². The normalized spacial score (nSPS) is 17.2. The van der Waals surface area contributed by atoms with Gasteiger partial charge >= 0.3 is 0 Å². The Morgan fingerprint density at radius 3 is 2.63 bits per heavy atom. The Labute approximate surface area is 112 Å². The number of ether oxygens (including phenoxy) is 1. The standard InChI is InChI=1S/C11H14N2O5S/c14-13(15)11-6-9(8-19(16)17)5-10(7-11)12-1-3-18-4-2-12/h5-7H,1-4,8H2,(H,16,17). The molecular weight excluding hydrogens is 272 g/mol. The number of hydrogen-bond acceptors (Lipinski definition) is 5. The van der Waals surface area contributed by atoms with E-state index in [1.165, 1.54) is 12.1 Å². The number of morpholine rings is 1. The van der Waals surface area contributed by atoms with Gasteiger partial charge < -0.3 is 14.2 Å². The molecule has 1 fully saturated rings. The molecule has 104 valence electrons. The summed E-state index contributed by atoms with van der Waals surface area (Å²) >= 11 is -2.02. The van der Waals surface area contributed by atoms with Crippen molar-refractivity contribution in [3.8, 4) is 0 Å². The molecule has 0 bridgehead atoms. The smallest absolute Gasteiger partial charge is 0.271 e. The van der Waals surface area contributed by atoms with Gasteiger partial charge in [0.2, 0.25) is 0 Å². The van der Waals surface area contributed by atoms with Crippen LogP contribution in [-0.2, 0) is 21.6 Å². The van der Waals surface area contributed by atoms with Crippen molar-refractivity contribution in [3.05, 3.63) is 33.9 Å². The van der Waals surface area contributed by atoms with Crippen LogP contribution in [0.4, 0.5) is 11.4 Å². The minimum Gasteiger partial charge on any atom is -0.378 e. The molecule has 0 radical (unpaired) electrons. The molecule has 2 rings (SSSR count). The van der Waals surface area contributed by atoms with Gasteiger partial charge in [-0.1, -0.05) is 0 Å². The predicted molar refractivity (Wildman–Crippen MR) is 70.6 cm³/mol. The Hall–Kier alpha value is -1.51. The Morgan fingerprint density at radius 1 is 1.37 bits per heavy atom. The van der Waals surface area contributed by atoms with E-state index in [-0.39, 0.29) is 11.4 Å². The van der Waals surface area contributed by atoms with Gasteiger partial charge in [-0.15, -0.1) is 0 Å². The van der Waals surface area contributed by atoms with Crippen LogP contribution in [0.25, 0.3) is 0 Å². The first-order chi connectivity index (χ1) is 9.06. The van der Waals surface area contributed by atoms with E-state index in [2.05, 4.69) is 0 Å². The third-order valence-corrected chi connectivity index (χ3v) is 3.42. The molecular formula is C11H14N2O5S. The summed E-state index contributed by atoms with van der Waals surface area (Å²) in [6.07, 6.45) is 0. The minimum absolute atomic E-state index is 0.0653. The van der Waals surface area contributed by atoms with Crippen molar-refractivity contribution in [1.82, 2.24) is 0 Å². The third kappa shape index (κ3) is 3.72. The summed E-state index contributed by atoms with van der Waals surface area (Å²) in [6, 6.07) is 4.53. The molecule has 7 nitrogen and oxygen atoms in total. The van der Waals surface area contributed by atoms with Gasteiger partial charge in [-0.05, 0) is 11.6 Å². The summed E-state index contributed by atoms with van der Waals surface area (Å²) in [7, 11) is 0. The lowest BCUT2D eigenvalue weighted by Gasteiger charge is -2.29. The van der Waals surface area contributed by atoms with E-state index in [0.717, 1.165) is 0 Å². The van der Waals surface area contributed by atoms with Gasteiger partial charge in [0.05, 0.1) is 23.9 Å². The lowest BCUT2D eigenvalue weighted by molar-refractivity contribution is -0.384. The SMILES string of the molecule is O=[N+]([O-])c1cc(CS(=O)O)cc(N2CCOCC2)c1. The van der Waals surface area contributed by atoms with Crippen molar-refractivity contribution in [2.24, 2.45) is 0 Å². The number of anilines is 1. The van der Waals surface area contributed by atoms with Crippen molar-refractivity contribution < 1.29 is 18.4 Å². The van der Waals surface area contributed by atoms with Gasteiger partial charge in [-0.3, -0.25) is 10.1 Å².